The van der Waals surface area contributed by atoms with E-state index in [0.717, 1.165) is 35.7 Å². The molecule has 2 fully saturated rings. The van der Waals surface area contributed by atoms with Crippen LogP contribution in [0.2, 0.25) is 0 Å². The van der Waals surface area contributed by atoms with Crippen molar-refractivity contribution in [3.8, 4) is 0 Å². The first-order valence-corrected chi connectivity index (χ1v) is 9.22. The number of ether oxygens (including phenoxy) is 2. The van der Waals surface area contributed by atoms with Crippen LogP contribution in [0, 0.1) is 10.1 Å². The van der Waals surface area contributed by atoms with Gasteiger partial charge in [0, 0.05) is 29.4 Å². The summed E-state index contributed by atoms with van der Waals surface area (Å²) in [4.78, 5) is 11.1. The van der Waals surface area contributed by atoms with Gasteiger partial charge in [0.1, 0.15) is 5.69 Å². The summed E-state index contributed by atoms with van der Waals surface area (Å²) < 4.78 is 12.3. The van der Waals surface area contributed by atoms with Crippen LogP contribution in [0.1, 0.15) is 51.0 Å². The smallest absolute Gasteiger partial charge is 0.293 e. The molecule has 0 radical (unpaired) electrons. The Morgan fingerprint density at radius 1 is 1.29 bits per heavy atom. The van der Waals surface area contributed by atoms with Crippen molar-refractivity contribution >= 4 is 27.3 Å². The average Bonchev–Trinajstić information content (AvgIpc) is 2.99. The van der Waals surface area contributed by atoms with Crippen LogP contribution in [0.5, 0.6) is 0 Å². The molecule has 1 aromatic rings. The molecule has 0 unspecified atom stereocenters. The van der Waals surface area contributed by atoms with E-state index in [2.05, 4.69) is 35.1 Å². The second-order valence-electron chi connectivity index (χ2n) is 6.83. The molecule has 0 atom stereocenters. The molecule has 0 bridgehead atoms. The largest absolute Gasteiger partial charge is 0.377 e. The highest BCUT2D eigenvalue weighted by atomic mass is 79.9. The van der Waals surface area contributed by atoms with E-state index in [0.29, 0.717) is 18.9 Å². The number of benzene rings is 1. The predicted molar refractivity (Wildman–Crippen MR) is 95.4 cm³/mol. The summed E-state index contributed by atoms with van der Waals surface area (Å²) in [6.07, 6.45) is 3.41. The lowest BCUT2D eigenvalue weighted by atomic mass is 9.89. The molecule has 0 aromatic heterocycles. The van der Waals surface area contributed by atoms with E-state index in [1.165, 1.54) is 0 Å². The summed E-state index contributed by atoms with van der Waals surface area (Å²) in [7, 11) is 0. The van der Waals surface area contributed by atoms with Crippen LogP contribution in [-0.2, 0) is 9.47 Å². The number of halogens is 1. The number of hydrogen-bond acceptors (Lipinski definition) is 5. The molecule has 1 N–H and O–H groups in total. The van der Waals surface area contributed by atoms with Crippen LogP contribution in [-0.4, -0.2) is 30.0 Å². The minimum absolute atomic E-state index is 0.111. The molecule has 0 amide bonds. The molecule has 7 heteroatoms. The normalized spacial score (nSPS) is 20.7. The second kappa shape index (κ2) is 6.98. The molecule has 3 rings (SSSR count). The second-order valence-corrected chi connectivity index (χ2v) is 7.68. The molecule has 1 aliphatic carbocycles. The number of nitrogens with zero attached hydrogens (tertiary/aromatic N) is 1. The summed E-state index contributed by atoms with van der Waals surface area (Å²) in [6.45, 7) is 5.48. The monoisotopic (exact) mass is 398 g/mol. The fourth-order valence-corrected chi connectivity index (χ4v) is 4.29. The van der Waals surface area contributed by atoms with Crippen LogP contribution in [0.4, 0.5) is 11.4 Å². The van der Waals surface area contributed by atoms with Gasteiger partial charge in [-0.1, -0.05) is 29.8 Å². The van der Waals surface area contributed by atoms with Gasteiger partial charge in [0.25, 0.3) is 5.69 Å². The summed E-state index contributed by atoms with van der Waals surface area (Å²) in [5, 5.41) is 14.8. The van der Waals surface area contributed by atoms with Gasteiger partial charge in [0.05, 0.1) is 18.1 Å². The molecule has 132 valence electrons. The van der Waals surface area contributed by atoms with E-state index in [-0.39, 0.29) is 22.6 Å². The Kier molecular flexibility index (Phi) is 5.13. The molecule has 24 heavy (non-hydrogen) atoms. The van der Waals surface area contributed by atoms with E-state index >= 15 is 0 Å². The van der Waals surface area contributed by atoms with E-state index in [1.54, 1.807) is 6.07 Å². The first kappa shape index (κ1) is 17.6. The highest BCUT2D eigenvalue weighted by Crippen LogP contribution is 2.39. The SMILES string of the molecule is CC(C)c1cc(NC2CCC3(CC2)OCCO3)c([N+](=O)[O-])cc1Br. The van der Waals surface area contributed by atoms with Crippen molar-refractivity contribution in [3.63, 3.8) is 0 Å². The number of nitrogens with one attached hydrogen (secondary N) is 1. The van der Waals surface area contributed by atoms with E-state index in [4.69, 9.17) is 9.47 Å². The zero-order valence-corrected chi connectivity index (χ0v) is 15.6. The predicted octanol–water partition coefficient (Wildman–Crippen LogP) is 4.58. The van der Waals surface area contributed by atoms with Crippen LogP contribution in [0.25, 0.3) is 0 Å². The van der Waals surface area contributed by atoms with Gasteiger partial charge in [0.2, 0.25) is 0 Å². The number of nitro benzene ring substituents is 1. The Morgan fingerprint density at radius 3 is 2.46 bits per heavy atom. The summed E-state index contributed by atoms with van der Waals surface area (Å²) in [5.41, 5.74) is 1.78. The van der Waals surface area contributed by atoms with Crippen molar-refractivity contribution in [1.29, 1.82) is 0 Å². The Bertz CT molecular complexity index is 619. The van der Waals surface area contributed by atoms with Gasteiger partial charge in [-0.2, -0.15) is 0 Å². The van der Waals surface area contributed by atoms with Gasteiger partial charge < -0.3 is 14.8 Å². The molecular formula is C17H23BrN2O4. The van der Waals surface area contributed by atoms with Crippen molar-refractivity contribution < 1.29 is 14.4 Å². The van der Waals surface area contributed by atoms with Crippen LogP contribution >= 0.6 is 15.9 Å². The number of rotatable bonds is 4. The standard InChI is InChI=1S/C17H23BrN2O4/c1-11(2)13-9-15(16(20(21)22)10-14(13)18)19-12-3-5-17(6-4-12)23-7-8-24-17/h9-12,19H,3-8H2,1-2H3. The maximum Gasteiger partial charge on any atom is 0.293 e. The maximum atomic E-state index is 11.4. The molecule has 6 nitrogen and oxygen atoms in total. The highest BCUT2D eigenvalue weighted by Gasteiger charge is 2.40. The summed E-state index contributed by atoms with van der Waals surface area (Å²) >= 11 is 3.45. The molecular weight excluding hydrogens is 376 g/mol. The van der Waals surface area contributed by atoms with E-state index in [9.17, 15) is 10.1 Å². The Hall–Kier alpha value is -1.18. The third-order valence-corrected chi connectivity index (χ3v) is 5.54. The minimum Gasteiger partial charge on any atom is -0.377 e. The van der Waals surface area contributed by atoms with Crippen molar-refractivity contribution in [2.75, 3.05) is 18.5 Å². The fraction of sp³-hybridized carbons (Fsp3) is 0.647. The Labute approximate surface area is 150 Å². The average molecular weight is 399 g/mol. The third kappa shape index (κ3) is 3.58. The lowest BCUT2D eigenvalue weighted by Crippen LogP contribution is -2.39. The lowest BCUT2D eigenvalue weighted by molar-refractivity contribution is -0.384. The molecule has 1 aliphatic heterocycles. The van der Waals surface area contributed by atoms with Crippen molar-refractivity contribution in [2.24, 2.45) is 0 Å². The zero-order chi connectivity index (χ0) is 17.3. The maximum absolute atomic E-state index is 11.4. The van der Waals surface area contributed by atoms with E-state index in [1.807, 2.05) is 6.07 Å². The van der Waals surface area contributed by atoms with Crippen molar-refractivity contribution in [3.05, 3.63) is 32.3 Å². The molecule has 1 saturated carbocycles. The molecule has 1 heterocycles. The van der Waals surface area contributed by atoms with Gasteiger partial charge in [-0.15, -0.1) is 0 Å². The van der Waals surface area contributed by atoms with Gasteiger partial charge >= 0.3 is 0 Å². The first-order valence-electron chi connectivity index (χ1n) is 8.42. The quantitative estimate of drug-likeness (QED) is 0.593. The minimum atomic E-state index is -0.410. The topological polar surface area (TPSA) is 73.6 Å². The molecule has 2 aliphatic rings. The van der Waals surface area contributed by atoms with Gasteiger partial charge in [-0.05, 0) is 30.4 Å². The lowest BCUT2D eigenvalue weighted by Gasteiger charge is -2.36. The van der Waals surface area contributed by atoms with Crippen LogP contribution in [0.3, 0.4) is 0 Å². The first-order chi connectivity index (χ1) is 11.4. The molecule has 1 saturated heterocycles. The number of anilines is 1. The molecule has 1 spiro atoms. The van der Waals surface area contributed by atoms with Crippen molar-refractivity contribution in [1.82, 2.24) is 0 Å². The number of nitro groups is 1. The van der Waals surface area contributed by atoms with Gasteiger partial charge in [-0.3, -0.25) is 10.1 Å². The Morgan fingerprint density at radius 2 is 1.92 bits per heavy atom. The van der Waals surface area contributed by atoms with E-state index < -0.39 is 5.79 Å². The fourth-order valence-electron chi connectivity index (χ4n) is 3.50. The zero-order valence-electron chi connectivity index (χ0n) is 14.0. The third-order valence-electron chi connectivity index (χ3n) is 4.85. The Balaban J connectivity index is 1.76. The number of hydrogen-bond donors (Lipinski definition) is 1. The van der Waals surface area contributed by atoms with Gasteiger partial charge in [0.15, 0.2) is 5.79 Å². The van der Waals surface area contributed by atoms with Crippen LogP contribution < -0.4 is 5.32 Å². The molecule has 1 aromatic carbocycles. The summed E-state index contributed by atoms with van der Waals surface area (Å²) in [6, 6.07) is 3.70. The summed E-state index contributed by atoms with van der Waals surface area (Å²) in [5.74, 6) is -0.122. The highest BCUT2D eigenvalue weighted by molar-refractivity contribution is 9.10. The van der Waals surface area contributed by atoms with Crippen molar-refractivity contribution in [2.45, 2.75) is 57.3 Å². The van der Waals surface area contributed by atoms with Gasteiger partial charge in [-0.25, -0.2) is 0 Å². The van der Waals surface area contributed by atoms with Crippen LogP contribution in [0.15, 0.2) is 16.6 Å².